The molecule has 4 aromatic rings. The van der Waals surface area contributed by atoms with Crippen LogP contribution in [0, 0.1) is 0 Å². The zero-order valence-corrected chi connectivity index (χ0v) is 21.2. The van der Waals surface area contributed by atoms with Gasteiger partial charge in [0.1, 0.15) is 5.01 Å². The van der Waals surface area contributed by atoms with E-state index in [1.54, 1.807) is 23.7 Å². The molecule has 2 aromatic carbocycles. The van der Waals surface area contributed by atoms with E-state index < -0.39 is 0 Å². The molecule has 1 amide bonds. The fraction of sp³-hybridized carbons (Fsp3) is 0.286. The second-order valence-corrected chi connectivity index (χ2v) is 10.1. The number of anilines is 1. The van der Waals surface area contributed by atoms with Crippen LogP contribution in [0.25, 0.3) is 21.8 Å². The number of benzene rings is 2. The predicted molar refractivity (Wildman–Crippen MR) is 145 cm³/mol. The number of nitrogens with zero attached hydrogens (tertiary/aromatic N) is 5. The molecule has 1 fully saturated rings. The molecule has 7 nitrogen and oxygen atoms in total. The summed E-state index contributed by atoms with van der Waals surface area (Å²) >= 11 is 1.60. The van der Waals surface area contributed by atoms with Gasteiger partial charge in [-0.1, -0.05) is 60.7 Å². The van der Waals surface area contributed by atoms with Gasteiger partial charge in [0.15, 0.2) is 0 Å². The van der Waals surface area contributed by atoms with E-state index in [1.807, 2.05) is 54.6 Å². The molecule has 2 aromatic heterocycles. The van der Waals surface area contributed by atoms with Gasteiger partial charge in [0.25, 0.3) is 0 Å². The fourth-order valence-electron chi connectivity index (χ4n) is 4.49. The van der Waals surface area contributed by atoms with Gasteiger partial charge < -0.3 is 10.2 Å². The normalized spacial score (nSPS) is 15.0. The number of nitrogens with one attached hydrogen (secondary N) is 1. The molecule has 0 radical (unpaired) electrons. The van der Waals surface area contributed by atoms with Crippen LogP contribution in [0.15, 0.2) is 79.1 Å². The molecule has 0 saturated carbocycles. The van der Waals surface area contributed by atoms with Crippen molar-refractivity contribution in [3.8, 4) is 21.8 Å². The van der Waals surface area contributed by atoms with Crippen LogP contribution in [0.4, 0.5) is 5.95 Å². The lowest BCUT2D eigenvalue weighted by Gasteiger charge is -2.35. The Hall–Kier alpha value is -3.62. The number of carbonyl (C=O) groups excluding carboxylic acids is 1. The number of rotatable bonds is 8. The summed E-state index contributed by atoms with van der Waals surface area (Å²) in [6.07, 6.45) is 3.88. The van der Waals surface area contributed by atoms with Crippen molar-refractivity contribution in [2.24, 2.45) is 0 Å². The zero-order valence-electron chi connectivity index (χ0n) is 20.4. The van der Waals surface area contributed by atoms with Crippen molar-refractivity contribution in [3.63, 3.8) is 0 Å². The Morgan fingerprint density at radius 3 is 2.22 bits per heavy atom. The summed E-state index contributed by atoms with van der Waals surface area (Å²) in [5.41, 5.74) is 2.99. The predicted octanol–water partition coefficient (Wildman–Crippen LogP) is 4.14. The van der Waals surface area contributed by atoms with Crippen LogP contribution >= 0.6 is 11.3 Å². The zero-order chi connectivity index (χ0) is 24.7. The second-order valence-electron chi connectivity index (χ2n) is 9.00. The first-order chi connectivity index (χ1) is 17.7. The summed E-state index contributed by atoms with van der Waals surface area (Å²) in [6.45, 7) is 6.50. The summed E-state index contributed by atoms with van der Waals surface area (Å²) in [7, 11) is 0. The number of thiazole rings is 1. The largest absolute Gasteiger partial charge is 0.352 e. The molecule has 1 saturated heterocycles. The first kappa shape index (κ1) is 24.1. The van der Waals surface area contributed by atoms with Crippen LogP contribution < -0.4 is 10.2 Å². The molecule has 1 aliphatic rings. The molecule has 0 aliphatic carbocycles. The highest BCUT2D eigenvalue weighted by molar-refractivity contribution is 7.15. The van der Waals surface area contributed by atoms with Crippen LogP contribution in [-0.4, -0.2) is 64.5 Å². The summed E-state index contributed by atoms with van der Waals surface area (Å²) in [6, 6.07) is 22.1. The van der Waals surface area contributed by atoms with E-state index in [-0.39, 0.29) is 11.9 Å². The Morgan fingerprint density at radius 2 is 1.56 bits per heavy atom. The van der Waals surface area contributed by atoms with Crippen molar-refractivity contribution in [1.82, 2.24) is 25.2 Å². The van der Waals surface area contributed by atoms with Crippen LogP contribution in [-0.2, 0) is 11.2 Å². The molecule has 1 unspecified atom stereocenters. The third-order valence-corrected chi connectivity index (χ3v) is 7.34. The Kier molecular flexibility index (Phi) is 7.64. The average Bonchev–Trinajstić information content (AvgIpc) is 3.34. The molecule has 36 heavy (non-hydrogen) atoms. The van der Waals surface area contributed by atoms with Gasteiger partial charge in [-0.3, -0.25) is 9.69 Å². The highest BCUT2D eigenvalue weighted by Gasteiger charge is 2.22. The highest BCUT2D eigenvalue weighted by atomic mass is 32.1. The Balaban J connectivity index is 1.20. The number of piperazine rings is 1. The van der Waals surface area contributed by atoms with E-state index in [2.05, 4.69) is 44.1 Å². The molecule has 5 rings (SSSR count). The third-order valence-electron chi connectivity index (χ3n) is 6.23. The van der Waals surface area contributed by atoms with E-state index >= 15 is 0 Å². The molecular weight excluding hydrogens is 468 g/mol. The minimum absolute atomic E-state index is 0.0271. The van der Waals surface area contributed by atoms with E-state index in [0.717, 1.165) is 65.4 Å². The summed E-state index contributed by atoms with van der Waals surface area (Å²) < 4.78 is 0. The molecule has 0 spiro atoms. The maximum absolute atomic E-state index is 13.1. The topological polar surface area (TPSA) is 74.2 Å². The first-order valence-corrected chi connectivity index (χ1v) is 13.1. The Labute approximate surface area is 215 Å². The van der Waals surface area contributed by atoms with Gasteiger partial charge in [0, 0.05) is 67.2 Å². The van der Waals surface area contributed by atoms with Crippen LogP contribution in [0.1, 0.15) is 11.8 Å². The van der Waals surface area contributed by atoms with E-state index in [0.29, 0.717) is 6.42 Å². The van der Waals surface area contributed by atoms with Gasteiger partial charge in [-0.2, -0.15) is 0 Å². The van der Waals surface area contributed by atoms with Gasteiger partial charge in [-0.05, 0) is 13.0 Å². The maximum Gasteiger partial charge on any atom is 0.225 e. The Bertz CT molecular complexity index is 1260. The minimum Gasteiger partial charge on any atom is -0.352 e. The fourth-order valence-corrected chi connectivity index (χ4v) is 5.57. The third kappa shape index (κ3) is 5.95. The van der Waals surface area contributed by atoms with Crippen molar-refractivity contribution in [1.29, 1.82) is 0 Å². The number of hydrogen-bond donors (Lipinski definition) is 1. The first-order valence-electron chi connectivity index (χ1n) is 12.3. The molecule has 1 aliphatic heterocycles. The Morgan fingerprint density at radius 1 is 0.917 bits per heavy atom. The number of hydrogen-bond acceptors (Lipinski definition) is 7. The van der Waals surface area contributed by atoms with E-state index in [1.165, 1.54) is 0 Å². The lowest BCUT2D eigenvalue weighted by Crippen LogP contribution is -2.51. The maximum atomic E-state index is 13.1. The van der Waals surface area contributed by atoms with E-state index in [4.69, 9.17) is 4.98 Å². The van der Waals surface area contributed by atoms with Crippen molar-refractivity contribution in [3.05, 3.63) is 84.0 Å². The SMILES string of the molecule is CC(CN1CCN(c2ncccn2)CC1)NC(=O)Cc1sc(-c2ccccc2)nc1-c1ccccc1. The lowest BCUT2D eigenvalue weighted by atomic mass is 10.1. The molecule has 184 valence electrons. The highest BCUT2D eigenvalue weighted by Crippen LogP contribution is 2.34. The monoisotopic (exact) mass is 498 g/mol. The van der Waals surface area contributed by atoms with Crippen molar-refractivity contribution in [2.45, 2.75) is 19.4 Å². The molecular formula is C28H30N6OS. The van der Waals surface area contributed by atoms with Crippen LogP contribution in [0.2, 0.25) is 0 Å². The van der Waals surface area contributed by atoms with Gasteiger partial charge in [0.2, 0.25) is 11.9 Å². The number of carbonyl (C=O) groups is 1. The molecule has 3 heterocycles. The number of aromatic nitrogens is 3. The average molecular weight is 499 g/mol. The van der Waals surface area contributed by atoms with Crippen LogP contribution in [0.3, 0.4) is 0 Å². The summed E-state index contributed by atoms with van der Waals surface area (Å²) in [5.74, 6) is 0.811. The van der Waals surface area contributed by atoms with Gasteiger partial charge >= 0.3 is 0 Å². The molecule has 1 N–H and O–H groups in total. The molecule has 8 heteroatoms. The second kappa shape index (κ2) is 11.4. The van der Waals surface area contributed by atoms with Gasteiger partial charge in [0.05, 0.1) is 12.1 Å². The van der Waals surface area contributed by atoms with Gasteiger partial charge in [-0.25, -0.2) is 15.0 Å². The smallest absolute Gasteiger partial charge is 0.225 e. The summed E-state index contributed by atoms with van der Waals surface area (Å²) in [5, 5.41) is 4.14. The van der Waals surface area contributed by atoms with E-state index in [9.17, 15) is 4.79 Å². The summed E-state index contributed by atoms with van der Waals surface area (Å²) in [4.78, 5) is 32.3. The lowest BCUT2D eigenvalue weighted by molar-refractivity contribution is -0.121. The number of amides is 1. The standard InChI is InChI=1S/C28H30N6OS/c1-21(20-33-15-17-34(18-16-33)28-29-13-8-14-30-28)31-25(35)19-24-26(22-9-4-2-5-10-22)32-27(36-24)23-11-6-3-7-12-23/h2-14,21H,15-20H2,1H3,(H,31,35). The van der Waals surface area contributed by atoms with Crippen molar-refractivity contribution in [2.75, 3.05) is 37.6 Å². The quantitative estimate of drug-likeness (QED) is 0.394. The van der Waals surface area contributed by atoms with Crippen molar-refractivity contribution >= 4 is 23.2 Å². The van der Waals surface area contributed by atoms with Crippen LogP contribution in [0.5, 0.6) is 0 Å². The minimum atomic E-state index is 0.0271. The molecule has 1 atom stereocenters. The van der Waals surface area contributed by atoms with Gasteiger partial charge in [-0.15, -0.1) is 11.3 Å². The molecule has 0 bridgehead atoms. The van der Waals surface area contributed by atoms with Crippen molar-refractivity contribution < 1.29 is 4.79 Å².